The second-order valence-electron chi connectivity index (χ2n) is 14.1. The van der Waals surface area contributed by atoms with E-state index in [1.807, 2.05) is 0 Å². The predicted octanol–water partition coefficient (Wildman–Crippen LogP) is -7.85. The second kappa shape index (κ2) is 18.9. The summed E-state index contributed by atoms with van der Waals surface area (Å²) in [4.78, 5) is 40.9. The SMILES string of the molecule is CC(=O)NC1[C@H](O[C@H]2C(CO)O[C@@H](O[C@H]3C(CO)O[C@@H](O[C@H]4C(CO)O[C@H]5OC(C)=NC5[C@H]4O)C(NC(C)=O)[C@H]3O)C(NC(C)=O)[C@H]2O)OC(CO)[C@H](O)[C@@H]1O. The van der Waals surface area contributed by atoms with Crippen molar-refractivity contribution >= 4 is 23.6 Å². The Labute approximate surface area is 319 Å². The highest BCUT2D eigenvalue weighted by Crippen LogP contribution is 2.36. The fraction of sp³-hybridized carbons (Fsp3) is 0.875. The molecule has 0 aromatic rings. The Morgan fingerprint density at radius 2 is 0.911 bits per heavy atom. The lowest BCUT2D eigenvalue weighted by Gasteiger charge is -2.50. The molecule has 24 heteroatoms. The summed E-state index contributed by atoms with van der Waals surface area (Å²) in [5.41, 5.74) is 0. The first-order valence-electron chi connectivity index (χ1n) is 18.0. The predicted molar refractivity (Wildman–Crippen MR) is 178 cm³/mol. The minimum absolute atomic E-state index is 0.219. The van der Waals surface area contributed by atoms with Crippen LogP contribution in [0.25, 0.3) is 0 Å². The lowest BCUT2D eigenvalue weighted by atomic mass is 9.93. The van der Waals surface area contributed by atoms with Gasteiger partial charge in [-0.2, -0.15) is 0 Å². The molecule has 0 aromatic carbocycles. The van der Waals surface area contributed by atoms with Crippen molar-refractivity contribution in [3.05, 3.63) is 0 Å². The Balaban J connectivity index is 1.38. The number of aliphatic hydroxyl groups excluding tert-OH is 9. The number of aliphatic imine (C=N–C) groups is 1. The number of amides is 3. The fourth-order valence-electron chi connectivity index (χ4n) is 7.39. The minimum Gasteiger partial charge on any atom is -0.450 e. The van der Waals surface area contributed by atoms with E-state index in [2.05, 4.69) is 20.9 Å². The summed E-state index contributed by atoms with van der Waals surface area (Å²) in [5.74, 6) is -1.85. The van der Waals surface area contributed by atoms with Crippen LogP contribution >= 0.6 is 0 Å². The van der Waals surface area contributed by atoms with Crippen LogP contribution in [0.1, 0.15) is 27.7 Å². The first-order chi connectivity index (χ1) is 26.5. The van der Waals surface area contributed by atoms with Crippen molar-refractivity contribution in [2.45, 2.75) is 150 Å². The Bertz CT molecular complexity index is 1400. The lowest BCUT2D eigenvalue weighted by Crippen LogP contribution is -2.71. The first-order valence-corrected chi connectivity index (χ1v) is 18.0. The third-order valence-corrected chi connectivity index (χ3v) is 10.0. The molecule has 0 spiro atoms. The van der Waals surface area contributed by atoms with Gasteiger partial charge in [-0.15, -0.1) is 0 Å². The van der Waals surface area contributed by atoms with E-state index in [0.29, 0.717) is 0 Å². The van der Waals surface area contributed by atoms with Crippen LogP contribution in [0.5, 0.6) is 0 Å². The number of nitrogens with one attached hydrogen (secondary N) is 3. The molecular weight excluding hydrogens is 760 g/mol. The molecule has 0 radical (unpaired) electrons. The van der Waals surface area contributed by atoms with Crippen molar-refractivity contribution < 1.29 is 98.2 Å². The van der Waals surface area contributed by atoms with Crippen molar-refractivity contribution in [1.82, 2.24) is 16.0 Å². The van der Waals surface area contributed by atoms with Gasteiger partial charge in [0.05, 0.1) is 26.4 Å². The maximum Gasteiger partial charge on any atom is 0.227 e. The molecule has 320 valence electrons. The zero-order valence-electron chi connectivity index (χ0n) is 30.8. The molecule has 0 bridgehead atoms. The highest BCUT2D eigenvalue weighted by Gasteiger charge is 2.57. The molecule has 0 aliphatic carbocycles. The molecule has 5 aliphatic rings. The quantitative estimate of drug-likeness (QED) is 0.0821. The average molecular weight is 813 g/mol. The summed E-state index contributed by atoms with van der Waals surface area (Å²) < 4.78 is 46.7. The van der Waals surface area contributed by atoms with Gasteiger partial charge in [0.25, 0.3) is 0 Å². The summed E-state index contributed by atoms with van der Waals surface area (Å²) >= 11 is 0. The van der Waals surface area contributed by atoms with E-state index in [-0.39, 0.29) is 5.90 Å². The highest BCUT2D eigenvalue weighted by molar-refractivity contribution is 5.75. The minimum atomic E-state index is -1.85. The average Bonchev–Trinajstić information content (AvgIpc) is 3.53. The van der Waals surface area contributed by atoms with Crippen molar-refractivity contribution in [1.29, 1.82) is 0 Å². The smallest absolute Gasteiger partial charge is 0.227 e. The summed E-state index contributed by atoms with van der Waals surface area (Å²) in [5, 5.41) is 104. The third kappa shape index (κ3) is 9.41. The maximum absolute atomic E-state index is 12.4. The van der Waals surface area contributed by atoms with E-state index in [1.165, 1.54) is 0 Å². The summed E-state index contributed by atoms with van der Waals surface area (Å²) in [7, 11) is 0. The van der Waals surface area contributed by atoms with Crippen LogP contribution in [-0.2, 0) is 52.3 Å². The lowest BCUT2D eigenvalue weighted by molar-refractivity contribution is -0.360. The van der Waals surface area contributed by atoms with Gasteiger partial charge in [0.2, 0.25) is 24.0 Å². The number of fused-ring (bicyclic) bond motifs is 1. The van der Waals surface area contributed by atoms with Crippen molar-refractivity contribution in [2.24, 2.45) is 4.99 Å². The number of nitrogens with zero attached hydrogens (tertiary/aromatic N) is 1. The van der Waals surface area contributed by atoms with E-state index in [4.69, 9.17) is 37.9 Å². The van der Waals surface area contributed by atoms with E-state index in [9.17, 15) is 60.3 Å². The first kappa shape index (κ1) is 44.3. The molecule has 5 heterocycles. The Morgan fingerprint density at radius 1 is 0.554 bits per heavy atom. The largest absolute Gasteiger partial charge is 0.450 e. The van der Waals surface area contributed by atoms with Crippen molar-refractivity contribution in [2.75, 3.05) is 26.4 Å². The number of carbonyl (C=O) groups is 3. The number of aliphatic hydroxyl groups is 9. The Kier molecular flexibility index (Phi) is 14.9. The van der Waals surface area contributed by atoms with Crippen molar-refractivity contribution in [3.8, 4) is 0 Å². The third-order valence-electron chi connectivity index (χ3n) is 10.0. The molecular formula is C32H52N4O20. The van der Waals surface area contributed by atoms with Crippen LogP contribution in [0.15, 0.2) is 4.99 Å². The van der Waals surface area contributed by atoms with E-state index >= 15 is 0 Å². The van der Waals surface area contributed by atoms with Crippen molar-refractivity contribution in [3.63, 3.8) is 0 Å². The Morgan fingerprint density at radius 3 is 1.30 bits per heavy atom. The number of ether oxygens (including phenoxy) is 8. The standard InChI is InChI=1S/C32H52N4O20/c1-9(41)33-17-22(45)21(44)13(5-37)50-30(17)54-26-15(7-39)52-31(18(23(26)46)34-10(2)42)55-27-16(8-40)53-32(19(24(27)47)35-11(3)43)56-28-14(6-38)51-29-20(25(28)48)36-12(4)49-29/h13-32,37-40,44-48H,5-8H2,1-4H3,(H,33,41)(H,34,42)(H,35,43)/t13?,14?,15?,16?,17?,18?,19?,20?,21-,22+,23+,24+,25+,26-,27-,28-,29+,30-,31-,32-/m0/s1. The normalized spacial score (nSPS) is 45.2. The van der Waals surface area contributed by atoms with Crippen LogP contribution in [0.2, 0.25) is 0 Å². The topological polar surface area (TPSA) is 356 Å². The molecule has 12 N–H and O–H groups in total. The molecule has 56 heavy (non-hydrogen) atoms. The van der Waals surface area contributed by atoms with Gasteiger partial charge in [0.1, 0.15) is 97.4 Å². The van der Waals surface area contributed by atoms with Gasteiger partial charge < -0.3 is 99.8 Å². The monoisotopic (exact) mass is 812 g/mol. The second-order valence-corrected chi connectivity index (χ2v) is 14.1. The molecule has 24 nitrogen and oxygen atoms in total. The van der Waals surface area contributed by atoms with E-state index < -0.39 is 167 Å². The van der Waals surface area contributed by atoms with Crippen LogP contribution in [-0.4, -0.2) is 219 Å². The zero-order chi connectivity index (χ0) is 41.2. The highest BCUT2D eigenvalue weighted by atomic mass is 16.8. The molecule has 5 aliphatic heterocycles. The van der Waals surface area contributed by atoms with Gasteiger partial charge in [0, 0.05) is 27.7 Å². The summed E-state index contributed by atoms with van der Waals surface area (Å²) in [6.07, 6.45) is -24.7. The van der Waals surface area contributed by atoms with Crippen LogP contribution in [0, 0.1) is 0 Å². The molecule has 5 rings (SSSR count). The number of hydrogen-bond acceptors (Lipinski definition) is 21. The van der Waals surface area contributed by atoms with Gasteiger partial charge in [-0.3, -0.25) is 14.4 Å². The van der Waals surface area contributed by atoms with E-state index in [1.54, 1.807) is 6.92 Å². The van der Waals surface area contributed by atoms with E-state index in [0.717, 1.165) is 20.8 Å². The zero-order valence-corrected chi connectivity index (χ0v) is 30.8. The van der Waals surface area contributed by atoms with Gasteiger partial charge in [0.15, 0.2) is 24.8 Å². The molecule has 0 saturated carbocycles. The fourth-order valence-corrected chi connectivity index (χ4v) is 7.39. The van der Waals surface area contributed by atoms with Crippen LogP contribution < -0.4 is 16.0 Å². The van der Waals surface area contributed by atoms with Gasteiger partial charge in [-0.1, -0.05) is 0 Å². The number of rotatable bonds is 13. The Hall–Kier alpha value is -2.76. The number of hydrogen-bond donors (Lipinski definition) is 12. The molecule has 8 unspecified atom stereocenters. The van der Waals surface area contributed by atoms with Gasteiger partial charge in [-0.25, -0.2) is 4.99 Å². The molecule has 4 saturated heterocycles. The summed E-state index contributed by atoms with van der Waals surface area (Å²) in [6.45, 7) is 1.69. The summed E-state index contributed by atoms with van der Waals surface area (Å²) in [6, 6.07) is -5.48. The molecule has 4 fully saturated rings. The van der Waals surface area contributed by atoms with Gasteiger partial charge >= 0.3 is 0 Å². The van der Waals surface area contributed by atoms with Crippen LogP contribution in [0.3, 0.4) is 0 Å². The number of carbonyl (C=O) groups excluding carboxylic acids is 3. The van der Waals surface area contributed by atoms with Crippen LogP contribution in [0.4, 0.5) is 0 Å². The van der Waals surface area contributed by atoms with Gasteiger partial charge in [-0.05, 0) is 0 Å². The molecule has 0 aromatic heterocycles. The molecule has 3 amide bonds. The molecule has 20 atom stereocenters. The maximum atomic E-state index is 12.4.